The van der Waals surface area contributed by atoms with Gasteiger partial charge in [0.2, 0.25) is 0 Å². The quantitative estimate of drug-likeness (QED) is 0.240. The van der Waals surface area contributed by atoms with Crippen LogP contribution in [0.2, 0.25) is 0 Å². The van der Waals surface area contributed by atoms with Gasteiger partial charge in [0.15, 0.2) is 0 Å². The Kier molecular flexibility index (Phi) is 7.10. The molecule has 35 heavy (non-hydrogen) atoms. The summed E-state index contributed by atoms with van der Waals surface area (Å²) >= 11 is 0. The molecule has 0 radical (unpaired) electrons. The van der Waals surface area contributed by atoms with Crippen molar-refractivity contribution < 1.29 is 9.90 Å². The molecule has 1 aromatic heterocycles. The zero-order valence-electron chi connectivity index (χ0n) is 19.7. The third kappa shape index (κ3) is 5.32. The molecule has 0 bridgehead atoms. The van der Waals surface area contributed by atoms with Crippen LogP contribution in [-0.2, 0) is 11.2 Å². The van der Waals surface area contributed by atoms with Gasteiger partial charge in [-0.3, -0.25) is 9.59 Å². The summed E-state index contributed by atoms with van der Waals surface area (Å²) in [4.78, 5) is 40.4. The minimum Gasteiger partial charge on any atom is -0.480 e. The molecule has 0 saturated carbocycles. The van der Waals surface area contributed by atoms with Crippen molar-refractivity contribution in [1.82, 2.24) is 4.98 Å². The Balaban J connectivity index is 1.45. The van der Waals surface area contributed by atoms with Gasteiger partial charge in [-0.25, -0.2) is 9.78 Å². The number of rotatable bonds is 11. The second-order valence-corrected chi connectivity index (χ2v) is 8.74. The molecule has 0 fully saturated rings. The molecular formula is C27H28N4O4. The number of carboxylic acid groups (broad SMARTS) is 1. The number of aliphatic carboxylic acids is 1. The maximum atomic E-state index is 12.1. The van der Waals surface area contributed by atoms with E-state index in [0.717, 1.165) is 34.3 Å². The van der Waals surface area contributed by atoms with Crippen LogP contribution in [0.15, 0.2) is 70.4 Å². The van der Waals surface area contributed by atoms with Crippen LogP contribution in [0.1, 0.15) is 25.8 Å². The van der Waals surface area contributed by atoms with E-state index >= 15 is 0 Å². The molecule has 3 aromatic carbocycles. The van der Waals surface area contributed by atoms with Gasteiger partial charge in [0, 0.05) is 30.2 Å². The van der Waals surface area contributed by atoms with Crippen molar-refractivity contribution in [1.29, 1.82) is 0 Å². The largest absolute Gasteiger partial charge is 0.480 e. The normalized spacial score (nSPS) is 12.9. The monoisotopic (exact) mass is 472 g/mol. The number of hydrogen-bond acceptors (Lipinski definition) is 7. The number of benzene rings is 2. The number of carbonyl (C=O) groups is 1. The minimum atomic E-state index is -1.10. The molecule has 0 aliphatic heterocycles. The van der Waals surface area contributed by atoms with Crippen molar-refractivity contribution in [3.05, 3.63) is 86.8 Å². The summed E-state index contributed by atoms with van der Waals surface area (Å²) in [6.07, 6.45) is 2.81. The highest BCUT2D eigenvalue weighted by molar-refractivity contribution is 5.93. The van der Waals surface area contributed by atoms with Gasteiger partial charge >= 0.3 is 5.97 Å². The highest BCUT2D eigenvalue weighted by Gasteiger charge is 2.26. The number of anilines is 4. The van der Waals surface area contributed by atoms with Crippen molar-refractivity contribution in [3.8, 4) is 0 Å². The predicted molar refractivity (Wildman–Crippen MR) is 140 cm³/mol. The summed E-state index contributed by atoms with van der Waals surface area (Å²) in [6, 6.07) is 16.2. The van der Waals surface area contributed by atoms with E-state index in [0.29, 0.717) is 12.5 Å². The average molecular weight is 473 g/mol. The second-order valence-electron chi connectivity index (χ2n) is 8.74. The van der Waals surface area contributed by atoms with Gasteiger partial charge in [-0.15, -0.1) is 0 Å². The van der Waals surface area contributed by atoms with E-state index in [9.17, 15) is 19.5 Å². The van der Waals surface area contributed by atoms with E-state index < -0.39 is 22.9 Å². The Bertz CT molecular complexity index is 1400. The van der Waals surface area contributed by atoms with Crippen LogP contribution in [-0.4, -0.2) is 28.6 Å². The molecule has 4 aromatic rings. The summed E-state index contributed by atoms with van der Waals surface area (Å²) in [5, 5.41) is 20.9. The van der Waals surface area contributed by atoms with Crippen molar-refractivity contribution >= 4 is 39.6 Å². The van der Waals surface area contributed by atoms with Gasteiger partial charge in [-0.2, -0.15) is 0 Å². The number of nitrogens with zero attached hydrogens (tertiary/aromatic N) is 1. The first-order valence-corrected chi connectivity index (χ1v) is 11.6. The molecule has 180 valence electrons. The Morgan fingerprint density at radius 2 is 1.71 bits per heavy atom. The van der Waals surface area contributed by atoms with E-state index in [1.54, 1.807) is 6.20 Å². The first-order valence-electron chi connectivity index (χ1n) is 11.6. The molecular weight excluding hydrogens is 444 g/mol. The molecule has 8 heteroatoms. The van der Waals surface area contributed by atoms with E-state index in [4.69, 9.17) is 0 Å². The molecule has 0 aliphatic rings. The number of pyridine rings is 1. The van der Waals surface area contributed by atoms with Crippen LogP contribution in [0, 0.1) is 5.92 Å². The van der Waals surface area contributed by atoms with E-state index in [2.05, 4.69) is 20.9 Å². The number of aromatic nitrogens is 1. The maximum Gasteiger partial charge on any atom is 0.326 e. The van der Waals surface area contributed by atoms with E-state index in [1.165, 1.54) is 0 Å². The fraction of sp³-hybridized carbons (Fsp3) is 0.259. The van der Waals surface area contributed by atoms with E-state index in [1.807, 2.05) is 68.4 Å². The average Bonchev–Trinajstić information content (AvgIpc) is 2.88. The van der Waals surface area contributed by atoms with E-state index in [-0.39, 0.29) is 17.8 Å². The summed E-state index contributed by atoms with van der Waals surface area (Å²) in [6.45, 7) is 4.60. The Labute approximate surface area is 202 Å². The fourth-order valence-corrected chi connectivity index (χ4v) is 3.81. The van der Waals surface area contributed by atoms with Gasteiger partial charge in [0.25, 0.3) is 10.9 Å². The lowest BCUT2D eigenvalue weighted by Gasteiger charge is -2.21. The molecule has 1 unspecified atom stereocenters. The first kappa shape index (κ1) is 23.9. The van der Waals surface area contributed by atoms with Crippen molar-refractivity contribution in [2.75, 3.05) is 22.5 Å². The highest BCUT2D eigenvalue weighted by atomic mass is 16.4. The summed E-state index contributed by atoms with van der Waals surface area (Å²) in [5.41, 5.74) is 0.503. The summed E-state index contributed by atoms with van der Waals surface area (Å²) < 4.78 is 0. The topological polar surface area (TPSA) is 120 Å². The Hall–Kier alpha value is -4.20. The molecule has 4 rings (SSSR count). The summed E-state index contributed by atoms with van der Waals surface area (Å²) in [7, 11) is 0. The maximum absolute atomic E-state index is 12.1. The SMILES string of the molecule is CCC(C)CNc1c(N[C@@H](Cc2ccc(Nc3nccc4ccccc34)cc2)C(=O)O)c(=O)c1=O. The molecule has 0 spiro atoms. The molecule has 1 heterocycles. The fourth-order valence-electron chi connectivity index (χ4n) is 3.81. The lowest BCUT2D eigenvalue weighted by Crippen LogP contribution is -2.42. The van der Waals surface area contributed by atoms with Crippen LogP contribution < -0.4 is 26.8 Å². The molecule has 0 amide bonds. The van der Waals surface area contributed by atoms with Gasteiger partial charge < -0.3 is 21.1 Å². The van der Waals surface area contributed by atoms with Crippen LogP contribution in [0.3, 0.4) is 0 Å². The van der Waals surface area contributed by atoms with Crippen LogP contribution in [0.25, 0.3) is 10.8 Å². The third-order valence-corrected chi connectivity index (χ3v) is 6.18. The van der Waals surface area contributed by atoms with Gasteiger partial charge in [-0.05, 0) is 35.1 Å². The van der Waals surface area contributed by atoms with Crippen LogP contribution in [0.5, 0.6) is 0 Å². The molecule has 4 N–H and O–H groups in total. The standard InChI is InChI=1S/C27H28N4O4/c1-3-16(2)15-29-22-23(25(33)24(22)32)31-21(27(34)35)14-17-8-10-19(11-9-17)30-26-20-7-5-4-6-18(20)12-13-28-26/h4-13,16,21,29,31H,3,14-15H2,1-2H3,(H,28,30)(H,34,35)/t16?,21-/m0/s1. The third-order valence-electron chi connectivity index (χ3n) is 6.18. The number of fused-ring (bicyclic) bond motifs is 1. The van der Waals surface area contributed by atoms with Crippen molar-refractivity contribution in [2.45, 2.75) is 32.7 Å². The predicted octanol–water partition coefficient (Wildman–Crippen LogP) is 4.14. The van der Waals surface area contributed by atoms with Gasteiger partial charge in [-0.1, -0.05) is 56.7 Å². The molecule has 0 saturated heterocycles. The smallest absolute Gasteiger partial charge is 0.326 e. The first-order chi connectivity index (χ1) is 16.9. The van der Waals surface area contributed by atoms with Crippen LogP contribution in [0.4, 0.5) is 22.9 Å². The van der Waals surface area contributed by atoms with Crippen molar-refractivity contribution in [3.63, 3.8) is 0 Å². The Morgan fingerprint density at radius 3 is 2.43 bits per heavy atom. The lowest BCUT2D eigenvalue weighted by molar-refractivity contribution is -0.137. The zero-order valence-corrected chi connectivity index (χ0v) is 19.7. The molecule has 8 nitrogen and oxygen atoms in total. The highest BCUT2D eigenvalue weighted by Crippen LogP contribution is 2.25. The van der Waals surface area contributed by atoms with Crippen LogP contribution >= 0.6 is 0 Å². The molecule has 0 aliphatic carbocycles. The van der Waals surface area contributed by atoms with Gasteiger partial charge in [0.1, 0.15) is 23.2 Å². The number of carboxylic acids is 1. The van der Waals surface area contributed by atoms with Crippen molar-refractivity contribution in [2.24, 2.45) is 5.92 Å². The summed E-state index contributed by atoms with van der Waals surface area (Å²) in [5.74, 6) is -0.0507. The molecule has 2 atom stereocenters. The zero-order chi connectivity index (χ0) is 24.9. The second kappa shape index (κ2) is 10.4. The van der Waals surface area contributed by atoms with Gasteiger partial charge in [0.05, 0.1) is 0 Å². The minimum absolute atomic E-state index is 0.0472. The Morgan fingerprint density at radius 1 is 1.00 bits per heavy atom. The number of nitrogens with one attached hydrogen (secondary N) is 3. The number of hydrogen-bond donors (Lipinski definition) is 4. The lowest BCUT2D eigenvalue weighted by atomic mass is 10.0.